The molecular weight excluding hydrogens is 286 g/mol. The van der Waals surface area contributed by atoms with E-state index in [4.69, 9.17) is 4.98 Å². The molecule has 1 aromatic carbocycles. The predicted octanol–water partition coefficient (Wildman–Crippen LogP) is 3.82. The molecule has 3 aromatic rings. The molecule has 0 radical (unpaired) electrons. The van der Waals surface area contributed by atoms with Crippen molar-refractivity contribution in [3.8, 4) is 0 Å². The molecule has 2 aromatic heterocycles. The molecule has 0 aliphatic rings. The molecule has 1 unspecified atom stereocenters. The first-order valence-corrected chi connectivity index (χ1v) is 8.35. The Balaban J connectivity index is 1.67. The van der Waals surface area contributed by atoms with Gasteiger partial charge in [0.1, 0.15) is 5.01 Å². The minimum absolute atomic E-state index is 0.458. The summed E-state index contributed by atoms with van der Waals surface area (Å²) in [5.41, 5.74) is 1.11. The van der Waals surface area contributed by atoms with Crippen molar-refractivity contribution < 1.29 is 0 Å². The van der Waals surface area contributed by atoms with E-state index in [0.29, 0.717) is 6.04 Å². The Morgan fingerprint density at radius 2 is 2.10 bits per heavy atom. The van der Waals surface area contributed by atoms with Crippen LogP contribution in [0.5, 0.6) is 0 Å². The van der Waals surface area contributed by atoms with Crippen LogP contribution in [0, 0.1) is 0 Å². The Labute approximate surface area is 126 Å². The second-order valence-corrected chi connectivity index (χ2v) is 7.06. The summed E-state index contributed by atoms with van der Waals surface area (Å²) >= 11 is 3.51. The third kappa shape index (κ3) is 3.06. The molecule has 0 N–H and O–H groups in total. The van der Waals surface area contributed by atoms with E-state index in [0.717, 1.165) is 18.5 Å². The molecule has 2 heterocycles. The van der Waals surface area contributed by atoms with Gasteiger partial charge in [0.15, 0.2) is 0 Å². The number of benzene rings is 1. The van der Waals surface area contributed by atoms with Crippen molar-refractivity contribution in [2.24, 2.45) is 0 Å². The van der Waals surface area contributed by atoms with Gasteiger partial charge in [-0.05, 0) is 26.1 Å². The monoisotopic (exact) mass is 303 g/mol. The van der Waals surface area contributed by atoms with Gasteiger partial charge in [-0.2, -0.15) is 0 Å². The van der Waals surface area contributed by atoms with Crippen molar-refractivity contribution in [2.75, 3.05) is 7.05 Å². The van der Waals surface area contributed by atoms with E-state index in [9.17, 15) is 0 Å². The molecule has 0 bridgehead atoms. The number of nitrogens with zero attached hydrogens (tertiary/aromatic N) is 3. The summed E-state index contributed by atoms with van der Waals surface area (Å²) in [6.07, 6.45) is 2.85. The first-order chi connectivity index (χ1) is 9.72. The molecular formula is C15H17N3S2. The predicted molar refractivity (Wildman–Crippen MR) is 86.4 cm³/mol. The van der Waals surface area contributed by atoms with Crippen molar-refractivity contribution >= 4 is 32.9 Å². The summed E-state index contributed by atoms with van der Waals surface area (Å²) in [6, 6.07) is 8.80. The van der Waals surface area contributed by atoms with E-state index in [-0.39, 0.29) is 0 Å². The number of likely N-dealkylation sites (N-methyl/N-ethyl adjacent to an activating group) is 1. The molecule has 3 nitrogen and oxygen atoms in total. The van der Waals surface area contributed by atoms with Crippen LogP contribution in [-0.2, 0) is 13.0 Å². The topological polar surface area (TPSA) is 29.0 Å². The van der Waals surface area contributed by atoms with Crippen molar-refractivity contribution in [3.63, 3.8) is 0 Å². The Kier molecular flexibility index (Phi) is 4.10. The fraction of sp³-hybridized carbons (Fsp3) is 0.333. The number of rotatable bonds is 5. The average molecular weight is 303 g/mol. The fourth-order valence-corrected chi connectivity index (χ4v) is 3.88. The zero-order valence-electron chi connectivity index (χ0n) is 11.6. The maximum absolute atomic E-state index is 4.71. The summed E-state index contributed by atoms with van der Waals surface area (Å²) < 4.78 is 1.28. The standard InChI is InChI=1S/C15H17N3S2/c1-11(18(2)10-15-16-7-8-19-15)9-14-17-12-5-3-4-6-13(12)20-14/h3-8,11H,9-10H2,1-2H3. The van der Waals surface area contributed by atoms with Gasteiger partial charge >= 0.3 is 0 Å². The third-order valence-corrected chi connectivity index (χ3v) is 5.25. The van der Waals surface area contributed by atoms with Crippen molar-refractivity contribution in [1.29, 1.82) is 0 Å². The number of aromatic nitrogens is 2. The number of thiazole rings is 2. The summed E-state index contributed by atoms with van der Waals surface area (Å²) in [5.74, 6) is 0. The minimum Gasteiger partial charge on any atom is -0.297 e. The Hall–Kier alpha value is -1.30. The molecule has 3 rings (SSSR count). The summed E-state index contributed by atoms with van der Waals surface area (Å²) in [6.45, 7) is 3.16. The van der Waals surface area contributed by atoms with Gasteiger partial charge in [0, 0.05) is 24.0 Å². The van der Waals surface area contributed by atoms with Gasteiger partial charge in [-0.15, -0.1) is 22.7 Å². The lowest BCUT2D eigenvalue weighted by Crippen LogP contribution is -2.30. The lowest BCUT2D eigenvalue weighted by molar-refractivity contribution is 0.247. The summed E-state index contributed by atoms with van der Waals surface area (Å²) in [4.78, 5) is 11.4. The van der Waals surface area contributed by atoms with Crippen molar-refractivity contribution in [1.82, 2.24) is 14.9 Å². The van der Waals surface area contributed by atoms with Crippen LogP contribution in [0.3, 0.4) is 0 Å². The number of hydrogen-bond acceptors (Lipinski definition) is 5. The molecule has 0 spiro atoms. The molecule has 0 amide bonds. The van der Waals surface area contributed by atoms with Gasteiger partial charge in [-0.3, -0.25) is 4.90 Å². The molecule has 0 saturated carbocycles. The lowest BCUT2D eigenvalue weighted by Gasteiger charge is -2.22. The summed E-state index contributed by atoms with van der Waals surface area (Å²) in [5, 5.41) is 4.41. The van der Waals surface area contributed by atoms with E-state index in [1.54, 1.807) is 22.7 Å². The molecule has 20 heavy (non-hydrogen) atoms. The maximum atomic E-state index is 4.71. The molecule has 0 aliphatic carbocycles. The first kappa shape index (κ1) is 13.7. The zero-order valence-corrected chi connectivity index (χ0v) is 13.2. The van der Waals surface area contributed by atoms with Gasteiger partial charge in [0.2, 0.25) is 0 Å². The normalized spacial score (nSPS) is 13.2. The van der Waals surface area contributed by atoms with E-state index < -0.39 is 0 Å². The quantitative estimate of drug-likeness (QED) is 0.717. The van der Waals surface area contributed by atoms with Gasteiger partial charge in [0.25, 0.3) is 0 Å². The average Bonchev–Trinajstić information content (AvgIpc) is 3.06. The third-order valence-electron chi connectivity index (χ3n) is 3.43. The van der Waals surface area contributed by atoms with E-state index >= 15 is 0 Å². The van der Waals surface area contributed by atoms with Gasteiger partial charge in [-0.25, -0.2) is 9.97 Å². The smallest absolute Gasteiger partial charge is 0.107 e. The van der Waals surface area contributed by atoms with Crippen LogP contribution in [0.2, 0.25) is 0 Å². The second-order valence-electron chi connectivity index (χ2n) is 4.97. The fourth-order valence-electron chi connectivity index (χ4n) is 2.12. The Bertz CT molecular complexity index is 642. The SMILES string of the molecule is CC(Cc1nc2ccccc2s1)N(C)Cc1nccs1. The highest BCUT2D eigenvalue weighted by Gasteiger charge is 2.14. The number of hydrogen-bond donors (Lipinski definition) is 0. The molecule has 0 fully saturated rings. The van der Waals surface area contributed by atoms with E-state index in [2.05, 4.69) is 42.1 Å². The lowest BCUT2D eigenvalue weighted by atomic mass is 10.2. The highest BCUT2D eigenvalue weighted by molar-refractivity contribution is 7.18. The highest BCUT2D eigenvalue weighted by atomic mass is 32.1. The van der Waals surface area contributed by atoms with Crippen LogP contribution in [-0.4, -0.2) is 28.0 Å². The summed E-state index contributed by atoms with van der Waals surface area (Å²) in [7, 11) is 2.15. The highest BCUT2D eigenvalue weighted by Crippen LogP contribution is 2.23. The van der Waals surface area contributed by atoms with Crippen LogP contribution < -0.4 is 0 Å². The second kappa shape index (κ2) is 5.99. The number of fused-ring (bicyclic) bond motifs is 1. The molecule has 0 saturated heterocycles. The Morgan fingerprint density at radius 3 is 2.85 bits per heavy atom. The molecule has 1 atom stereocenters. The van der Waals surface area contributed by atoms with Crippen LogP contribution in [0.25, 0.3) is 10.2 Å². The van der Waals surface area contributed by atoms with E-state index in [1.165, 1.54) is 14.7 Å². The minimum atomic E-state index is 0.458. The van der Waals surface area contributed by atoms with Gasteiger partial charge in [-0.1, -0.05) is 12.1 Å². The molecule has 0 aliphatic heterocycles. The van der Waals surface area contributed by atoms with Gasteiger partial charge in [0.05, 0.1) is 21.8 Å². The van der Waals surface area contributed by atoms with Crippen molar-refractivity contribution in [3.05, 3.63) is 45.9 Å². The first-order valence-electron chi connectivity index (χ1n) is 6.65. The van der Waals surface area contributed by atoms with Gasteiger partial charge < -0.3 is 0 Å². The van der Waals surface area contributed by atoms with Crippen LogP contribution in [0.1, 0.15) is 16.9 Å². The van der Waals surface area contributed by atoms with Crippen LogP contribution in [0.4, 0.5) is 0 Å². The molecule has 104 valence electrons. The number of para-hydroxylation sites is 1. The maximum Gasteiger partial charge on any atom is 0.107 e. The van der Waals surface area contributed by atoms with Crippen LogP contribution in [0.15, 0.2) is 35.8 Å². The van der Waals surface area contributed by atoms with E-state index in [1.807, 2.05) is 17.6 Å². The zero-order chi connectivity index (χ0) is 13.9. The molecule has 5 heteroatoms. The Morgan fingerprint density at radius 1 is 1.25 bits per heavy atom. The van der Waals surface area contributed by atoms with Crippen LogP contribution >= 0.6 is 22.7 Å². The van der Waals surface area contributed by atoms with Crippen molar-refractivity contribution in [2.45, 2.75) is 25.9 Å². The largest absolute Gasteiger partial charge is 0.297 e.